The van der Waals surface area contributed by atoms with Crippen LogP contribution in [0.3, 0.4) is 0 Å². The standard InChI is InChI=1S/C20H26N2O/c1-16-12-17(2)15-22(14-16)20(23)19(21-10-6-7-11-21)13-18-8-4-3-5-9-18/h3-11,16-17,19H,12-15H2,1-2H3/t16-,17+,19-/m0/s1. The molecule has 1 aliphatic heterocycles. The molecule has 23 heavy (non-hydrogen) atoms. The number of likely N-dealkylation sites (tertiary alicyclic amines) is 1. The van der Waals surface area contributed by atoms with Crippen LogP contribution in [0.25, 0.3) is 0 Å². The van der Waals surface area contributed by atoms with Crippen LogP contribution < -0.4 is 0 Å². The van der Waals surface area contributed by atoms with Crippen molar-refractivity contribution in [3.8, 4) is 0 Å². The van der Waals surface area contributed by atoms with Gasteiger partial charge < -0.3 is 9.47 Å². The van der Waals surface area contributed by atoms with Gasteiger partial charge in [-0.25, -0.2) is 0 Å². The van der Waals surface area contributed by atoms with E-state index in [0.29, 0.717) is 11.8 Å². The van der Waals surface area contributed by atoms with Crippen LogP contribution in [0.1, 0.15) is 31.9 Å². The van der Waals surface area contributed by atoms with Crippen molar-refractivity contribution in [1.29, 1.82) is 0 Å². The van der Waals surface area contributed by atoms with Crippen molar-refractivity contribution in [3.63, 3.8) is 0 Å². The largest absolute Gasteiger partial charge is 0.342 e. The molecule has 2 heterocycles. The lowest BCUT2D eigenvalue weighted by atomic mass is 9.91. The van der Waals surface area contributed by atoms with Gasteiger partial charge in [0.15, 0.2) is 0 Å². The number of amides is 1. The third-order valence-electron chi connectivity index (χ3n) is 4.72. The number of hydrogen-bond acceptors (Lipinski definition) is 1. The maximum absolute atomic E-state index is 13.2. The topological polar surface area (TPSA) is 25.2 Å². The van der Waals surface area contributed by atoms with Gasteiger partial charge in [0.1, 0.15) is 6.04 Å². The van der Waals surface area contributed by atoms with Crippen LogP contribution in [0.2, 0.25) is 0 Å². The van der Waals surface area contributed by atoms with Gasteiger partial charge in [0.25, 0.3) is 0 Å². The normalized spacial score (nSPS) is 22.8. The van der Waals surface area contributed by atoms with Crippen molar-refractivity contribution in [2.24, 2.45) is 11.8 Å². The highest BCUT2D eigenvalue weighted by Gasteiger charge is 2.30. The Morgan fingerprint density at radius 1 is 1.04 bits per heavy atom. The van der Waals surface area contributed by atoms with Crippen LogP contribution >= 0.6 is 0 Å². The smallest absolute Gasteiger partial charge is 0.245 e. The molecule has 0 aliphatic carbocycles. The highest BCUT2D eigenvalue weighted by molar-refractivity contribution is 5.81. The Labute approximate surface area is 138 Å². The fourth-order valence-corrected chi connectivity index (χ4v) is 3.77. The van der Waals surface area contributed by atoms with Crippen molar-refractivity contribution in [2.75, 3.05) is 13.1 Å². The summed E-state index contributed by atoms with van der Waals surface area (Å²) in [6.45, 7) is 6.26. The molecule has 1 aromatic heterocycles. The fraction of sp³-hybridized carbons (Fsp3) is 0.450. The summed E-state index contributed by atoms with van der Waals surface area (Å²) in [5, 5.41) is 0. The molecular formula is C20H26N2O. The number of benzene rings is 1. The fourth-order valence-electron chi connectivity index (χ4n) is 3.77. The van der Waals surface area contributed by atoms with Crippen LogP contribution in [0.4, 0.5) is 0 Å². The van der Waals surface area contributed by atoms with Gasteiger partial charge in [0.05, 0.1) is 0 Å². The molecule has 3 rings (SSSR count). The first-order valence-electron chi connectivity index (χ1n) is 8.58. The van der Waals surface area contributed by atoms with Crippen LogP contribution in [-0.4, -0.2) is 28.5 Å². The molecule has 122 valence electrons. The molecule has 1 aliphatic rings. The predicted molar refractivity (Wildman–Crippen MR) is 93.1 cm³/mol. The lowest BCUT2D eigenvalue weighted by molar-refractivity contribution is -0.137. The number of nitrogens with zero attached hydrogens (tertiary/aromatic N) is 2. The van der Waals surface area contributed by atoms with Crippen LogP contribution in [0.15, 0.2) is 54.9 Å². The van der Waals surface area contributed by atoms with E-state index in [0.717, 1.165) is 19.5 Å². The monoisotopic (exact) mass is 310 g/mol. The van der Waals surface area contributed by atoms with E-state index in [4.69, 9.17) is 0 Å². The number of carbonyl (C=O) groups excluding carboxylic acids is 1. The first-order chi connectivity index (χ1) is 11.1. The number of rotatable bonds is 4. The molecule has 2 aromatic rings. The summed E-state index contributed by atoms with van der Waals surface area (Å²) in [7, 11) is 0. The molecule has 3 heteroatoms. The molecule has 0 unspecified atom stereocenters. The predicted octanol–water partition coefficient (Wildman–Crippen LogP) is 3.78. The van der Waals surface area contributed by atoms with E-state index in [1.807, 2.05) is 42.7 Å². The molecule has 0 saturated carbocycles. The Kier molecular flexibility index (Phi) is 4.85. The van der Waals surface area contributed by atoms with Gasteiger partial charge in [-0.3, -0.25) is 4.79 Å². The highest BCUT2D eigenvalue weighted by Crippen LogP contribution is 2.25. The molecule has 0 N–H and O–H groups in total. The summed E-state index contributed by atoms with van der Waals surface area (Å²) >= 11 is 0. The number of hydrogen-bond donors (Lipinski definition) is 0. The van der Waals surface area contributed by atoms with Crippen LogP contribution in [0.5, 0.6) is 0 Å². The molecule has 1 amide bonds. The second kappa shape index (κ2) is 7.03. The minimum absolute atomic E-state index is 0.148. The molecule has 1 fully saturated rings. The lowest BCUT2D eigenvalue weighted by Crippen LogP contribution is -2.46. The summed E-state index contributed by atoms with van der Waals surface area (Å²) < 4.78 is 2.05. The molecule has 3 nitrogen and oxygen atoms in total. The van der Waals surface area contributed by atoms with E-state index in [1.54, 1.807) is 0 Å². The Hall–Kier alpha value is -2.03. The van der Waals surface area contributed by atoms with Gasteiger partial charge in [-0.2, -0.15) is 0 Å². The van der Waals surface area contributed by atoms with Gasteiger partial charge in [-0.1, -0.05) is 44.2 Å². The zero-order valence-corrected chi connectivity index (χ0v) is 14.1. The maximum Gasteiger partial charge on any atom is 0.245 e. The third kappa shape index (κ3) is 3.84. The SMILES string of the molecule is C[C@@H]1C[C@H](C)CN(C(=O)[C@H](Cc2ccccc2)n2cccc2)C1. The van der Waals surface area contributed by atoms with E-state index in [2.05, 4.69) is 35.4 Å². The van der Waals surface area contributed by atoms with Crippen molar-refractivity contribution < 1.29 is 4.79 Å². The van der Waals surface area contributed by atoms with E-state index >= 15 is 0 Å². The summed E-state index contributed by atoms with van der Waals surface area (Å²) in [5.74, 6) is 1.43. The summed E-state index contributed by atoms with van der Waals surface area (Å²) in [6.07, 6.45) is 5.97. The van der Waals surface area contributed by atoms with Gasteiger partial charge in [-0.05, 0) is 36.0 Å². The second-order valence-corrected chi connectivity index (χ2v) is 7.03. The second-order valence-electron chi connectivity index (χ2n) is 7.03. The van der Waals surface area contributed by atoms with Crippen LogP contribution in [0, 0.1) is 11.8 Å². The van der Waals surface area contributed by atoms with Crippen molar-refractivity contribution in [1.82, 2.24) is 9.47 Å². The molecule has 0 spiro atoms. The zero-order chi connectivity index (χ0) is 16.2. The molecule has 0 bridgehead atoms. The first-order valence-corrected chi connectivity index (χ1v) is 8.58. The Morgan fingerprint density at radius 2 is 1.65 bits per heavy atom. The highest BCUT2D eigenvalue weighted by atomic mass is 16.2. The van der Waals surface area contributed by atoms with Gasteiger partial charge in [-0.15, -0.1) is 0 Å². The van der Waals surface area contributed by atoms with Crippen LogP contribution in [-0.2, 0) is 11.2 Å². The maximum atomic E-state index is 13.2. The molecular weight excluding hydrogens is 284 g/mol. The van der Waals surface area contributed by atoms with Gasteiger partial charge in [0, 0.05) is 31.9 Å². The van der Waals surface area contributed by atoms with E-state index < -0.39 is 0 Å². The first kappa shape index (κ1) is 15.9. The van der Waals surface area contributed by atoms with Gasteiger partial charge in [0.2, 0.25) is 5.91 Å². The van der Waals surface area contributed by atoms with E-state index in [1.165, 1.54) is 12.0 Å². The molecule has 1 saturated heterocycles. The Balaban J connectivity index is 1.82. The quantitative estimate of drug-likeness (QED) is 0.844. The zero-order valence-electron chi connectivity index (χ0n) is 14.1. The number of aromatic nitrogens is 1. The van der Waals surface area contributed by atoms with E-state index in [-0.39, 0.29) is 11.9 Å². The van der Waals surface area contributed by atoms with Crippen molar-refractivity contribution >= 4 is 5.91 Å². The minimum atomic E-state index is -0.148. The molecule has 3 atom stereocenters. The summed E-state index contributed by atoms with van der Waals surface area (Å²) in [5.41, 5.74) is 1.21. The number of carbonyl (C=O) groups is 1. The summed E-state index contributed by atoms with van der Waals surface area (Å²) in [4.78, 5) is 15.3. The molecule has 0 radical (unpaired) electrons. The Bertz CT molecular complexity index is 610. The number of piperidine rings is 1. The summed E-state index contributed by atoms with van der Waals surface area (Å²) in [6, 6.07) is 14.1. The van der Waals surface area contributed by atoms with Gasteiger partial charge >= 0.3 is 0 Å². The van der Waals surface area contributed by atoms with Crippen molar-refractivity contribution in [2.45, 2.75) is 32.7 Å². The van der Waals surface area contributed by atoms with Crippen molar-refractivity contribution in [3.05, 3.63) is 60.4 Å². The minimum Gasteiger partial charge on any atom is -0.342 e. The Morgan fingerprint density at radius 3 is 2.26 bits per heavy atom. The molecule has 1 aromatic carbocycles. The van der Waals surface area contributed by atoms with E-state index in [9.17, 15) is 4.79 Å². The third-order valence-corrected chi connectivity index (χ3v) is 4.72. The lowest BCUT2D eigenvalue weighted by Gasteiger charge is -2.37. The average Bonchev–Trinajstić information content (AvgIpc) is 3.06. The average molecular weight is 310 g/mol.